The van der Waals surface area contributed by atoms with E-state index in [1.807, 2.05) is 0 Å². The fourth-order valence-corrected chi connectivity index (χ4v) is 3.76. The molecule has 2 N–H and O–H groups in total. The van der Waals surface area contributed by atoms with Gasteiger partial charge < -0.3 is 19.5 Å². The number of nitrogens with zero attached hydrogens (tertiary/aromatic N) is 3. The molecule has 0 saturated carbocycles. The number of rotatable bonds is 7. The van der Waals surface area contributed by atoms with Crippen LogP contribution in [0.2, 0.25) is 0 Å². The average molecular weight is 513 g/mol. The molecule has 2 aromatic carbocycles. The van der Waals surface area contributed by atoms with Gasteiger partial charge in [0.1, 0.15) is 23.1 Å². The van der Waals surface area contributed by atoms with E-state index >= 15 is 0 Å². The van der Waals surface area contributed by atoms with Gasteiger partial charge in [-0.3, -0.25) is 19.7 Å². The third-order valence-electron chi connectivity index (χ3n) is 5.63. The van der Waals surface area contributed by atoms with Crippen molar-refractivity contribution in [2.24, 2.45) is 0 Å². The minimum absolute atomic E-state index is 0.181. The van der Waals surface area contributed by atoms with Crippen LogP contribution in [-0.4, -0.2) is 40.3 Å². The van der Waals surface area contributed by atoms with Gasteiger partial charge in [-0.15, -0.1) is 0 Å². The third-order valence-corrected chi connectivity index (χ3v) is 5.63. The number of carbonyl (C=O) groups is 1. The van der Waals surface area contributed by atoms with Crippen molar-refractivity contribution in [1.29, 1.82) is 0 Å². The van der Waals surface area contributed by atoms with E-state index in [4.69, 9.17) is 14.2 Å². The Morgan fingerprint density at radius 1 is 0.947 bits per heavy atom. The molecule has 0 bridgehead atoms. The van der Waals surface area contributed by atoms with Gasteiger partial charge in [-0.2, -0.15) is 5.10 Å². The number of anilines is 1. The first-order chi connectivity index (χ1) is 18.5. The van der Waals surface area contributed by atoms with Gasteiger partial charge in [-0.05, 0) is 42.0 Å². The van der Waals surface area contributed by atoms with Crippen LogP contribution in [0.4, 0.5) is 10.2 Å². The Morgan fingerprint density at radius 2 is 1.71 bits per heavy atom. The first-order valence-electron chi connectivity index (χ1n) is 11.3. The highest BCUT2D eigenvalue weighted by molar-refractivity contribution is 6.02. The van der Waals surface area contributed by atoms with Crippen molar-refractivity contribution >= 4 is 22.6 Å². The largest absolute Gasteiger partial charge is 0.493 e. The van der Waals surface area contributed by atoms with E-state index < -0.39 is 17.2 Å². The highest BCUT2D eigenvalue weighted by Gasteiger charge is 2.17. The number of aromatic amines is 1. The van der Waals surface area contributed by atoms with Crippen LogP contribution in [0.1, 0.15) is 10.5 Å². The lowest BCUT2D eigenvalue weighted by molar-refractivity contribution is 0.101. The monoisotopic (exact) mass is 513 g/mol. The van der Waals surface area contributed by atoms with Crippen LogP contribution in [0.15, 0.2) is 78.0 Å². The Kier molecular flexibility index (Phi) is 6.64. The highest BCUT2D eigenvalue weighted by atomic mass is 19.1. The van der Waals surface area contributed by atoms with Gasteiger partial charge in [0.25, 0.3) is 5.91 Å². The summed E-state index contributed by atoms with van der Waals surface area (Å²) in [6.07, 6.45) is 4.39. The normalized spacial score (nSPS) is 10.7. The number of methoxy groups -OCH3 is 2. The first-order valence-corrected chi connectivity index (χ1v) is 11.3. The number of pyridine rings is 2. The summed E-state index contributed by atoms with van der Waals surface area (Å²) >= 11 is 0. The first kappa shape index (κ1) is 24.4. The summed E-state index contributed by atoms with van der Waals surface area (Å²) in [5.41, 5.74) is 0.313. The molecule has 0 fully saturated rings. The van der Waals surface area contributed by atoms with Gasteiger partial charge in [-0.1, -0.05) is 12.1 Å². The number of amides is 1. The number of ether oxygens (including phenoxy) is 3. The number of carbonyl (C=O) groups excluding carboxylic acids is 1. The Labute approximate surface area is 215 Å². The minimum atomic E-state index is -0.752. The molecule has 38 heavy (non-hydrogen) atoms. The molecule has 0 spiro atoms. The lowest BCUT2D eigenvalue weighted by atomic mass is 10.1. The molecule has 5 rings (SSSR count). The molecular weight excluding hydrogens is 493 g/mol. The number of benzene rings is 2. The predicted molar refractivity (Wildman–Crippen MR) is 137 cm³/mol. The zero-order chi connectivity index (χ0) is 26.6. The number of fused-ring (bicyclic) bond motifs is 1. The molecule has 0 aliphatic heterocycles. The number of aromatic nitrogens is 4. The van der Waals surface area contributed by atoms with Crippen LogP contribution in [0.3, 0.4) is 0 Å². The molecule has 0 aliphatic rings. The van der Waals surface area contributed by atoms with E-state index in [1.165, 1.54) is 42.7 Å². The number of nitrogens with one attached hydrogen (secondary N) is 2. The van der Waals surface area contributed by atoms with Crippen LogP contribution in [0.25, 0.3) is 22.0 Å². The van der Waals surface area contributed by atoms with Crippen LogP contribution < -0.4 is 25.0 Å². The maximum Gasteiger partial charge on any atom is 0.281 e. The molecule has 190 valence electrons. The Balaban J connectivity index is 1.34. The lowest BCUT2D eigenvalue weighted by Crippen LogP contribution is -2.25. The van der Waals surface area contributed by atoms with Crippen LogP contribution >= 0.6 is 0 Å². The summed E-state index contributed by atoms with van der Waals surface area (Å²) in [4.78, 5) is 34.1. The van der Waals surface area contributed by atoms with Crippen molar-refractivity contribution in [3.63, 3.8) is 0 Å². The summed E-state index contributed by atoms with van der Waals surface area (Å²) in [5, 5.41) is 9.60. The molecule has 0 atom stereocenters. The quantitative estimate of drug-likeness (QED) is 0.324. The molecule has 3 heterocycles. The smallest absolute Gasteiger partial charge is 0.281 e. The van der Waals surface area contributed by atoms with Crippen LogP contribution in [-0.2, 0) is 0 Å². The molecule has 11 heteroatoms. The second-order valence-electron chi connectivity index (χ2n) is 7.95. The number of halogens is 1. The summed E-state index contributed by atoms with van der Waals surface area (Å²) in [7, 11) is 3.09. The molecule has 0 radical (unpaired) electrons. The van der Waals surface area contributed by atoms with Gasteiger partial charge in [0.15, 0.2) is 17.2 Å². The fraction of sp³-hybridized carbons (Fsp3) is 0.0741. The van der Waals surface area contributed by atoms with E-state index in [2.05, 4.69) is 25.5 Å². The SMILES string of the molecule is COc1cc2nccc(Oc3ccc(NC(=O)c4n[nH]cc(-c5ccc(F)cc5)c4=O)nc3)c2cc1OC. The molecule has 0 unspecified atom stereocenters. The van der Waals surface area contributed by atoms with E-state index in [0.717, 1.165) is 0 Å². The van der Waals surface area contributed by atoms with Crippen molar-refractivity contribution in [2.75, 3.05) is 19.5 Å². The summed E-state index contributed by atoms with van der Waals surface area (Å²) in [6, 6.07) is 13.7. The zero-order valence-electron chi connectivity index (χ0n) is 20.2. The Morgan fingerprint density at radius 3 is 2.42 bits per heavy atom. The maximum absolute atomic E-state index is 13.2. The molecule has 10 nitrogen and oxygen atoms in total. The standard InChI is InChI=1S/C27H20FN5O5/c1-36-22-11-18-20(12-23(22)37-2)29-10-9-21(18)38-17-7-8-24(30-13-17)32-27(35)25-26(34)19(14-31-33-25)15-3-5-16(28)6-4-15/h3-14H,1-2H3,(H,31,34)(H,30,32,35). The van der Waals surface area contributed by atoms with Gasteiger partial charge >= 0.3 is 0 Å². The number of H-pyrrole nitrogens is 1. The number of hydrogen-bond acceptors (Lipinski definition) is 8. The van der Waals surface area contributed by atoms with Gasteiger partial charge in [-0.25, -0.2) is 9.37 Å². The maximum atomic E-state index is 13.2. The van der Waals surface area contributed by atoms with E-state index in [-0.39, 0.29) is 17.1 Å². The highest BCUT2D eigenvalue weighted by Crippen LogP contribution is 2.36. The average Bonchev–Trinajstić information content (AvgIpc) is 2.94. The van der Waals surface area contributed by atoms with Gasteiger partial charge in [0.2, 0.25) is 5.43 Å². The molecule has 1 amide bonds. The van der Waals surface area contributed by atoms with E-state index in [1.54, 1.807) is 44.7 Å². The van der Waals surface area contributed by atoms with Gasteiger partial charge in [0, 0.05) is 29.4 Å². The van der Waals surface area contributed by atoms with Crippen LogP contribution in [0, 0.1) is 5.82 Å². The number of hydrogen-bond donors (Lipinski definition) is 2. The predicted octanol–water partition coefficient (Wildman–Crippen LogP) is 4.58. The fourth-order valence-electron chi connectivity index (χ4n) is 3.76. The minimum Gasteiger partial charge on any atom is -0.493 e. The summed E-state index contributed by atoms with van der Waals surface area (Å²) in [6.45, 7) is 0. The topological polar surface area (TPSA) is 128 Å². The second kappa shape index (κ2) is 10.3. The van der Waals surface area contributed by atoms with Crippen molar-refractivity contribution in [1.82, 2.24) is 20.2 Å². The Hall–Kier alpha value is -5.32. The van der Waals surface area contributed by atoms with Crippen molar-refractivity contribution in [2.45, 2.75) is 0 Å². The summed E-state index contributed by atoms with van der Waals surface area (Å²) < 4.78 is 29.9. The molecule has 0 saturated heterocycles. The van der Waals surface area contributed by atoms with Crippen molar-refractivity contribution < 1.29 is 23.4 Å². The molecule has 5 aromatic rings. The molecular formula is C27H20FN5O5. The molecule has 3 aromatic heterocycles. The van der Waals surface area contributed by atoms with Gasteiger partial charge in [0.05, 0.1) is 25.9 Å². The van der Waals surface area contributed by atoms with E-state index in [9.17, 15) is 14.0 Å². The lowest BCUT2D eigenvalue weighted by Gasteiger charge is -2.12. The summed E-state index contributed by atoms with van der Waals surface area (Å²) in [5.74, 6) is 0.985. The van der Waals surface area contributed by atoms with E-state index in [0.29, 0.717) is 39.5 Å². The third kappa shape index (κ3) is 4.85. The second-order valence-corrected chi connectivity index (χ2v) is 7.95. The van der Waals surface area contributed by atoms with Crippen molar-refractivity contribution in [3.05, 3.63) is 94.9 Å². The van der Waals surface area contributed by atoms with Crippen molar-refractivity contribution in [3.8, 4) is 34.1 Å². The molecule has 0 aliphatic carbocycles. The van der Waals surface area contributed by atoms with Crippen LogP contribution in [0.5, 0.6) is 23.0 Å². The Bertz CT molecular complexity index is 1690. The zero-order valence-corrected chi connectivity index (χ0v) is 20.2.